The minimum atomic E-state index is -0.611. The number of terminal acetylenes is 1. The van der Waals surface area contributed by atoms with E-state index in [0.29, 0.717) is 5.56 Å². The Balaban J connectivity index is 2.23. The zero-order valence-electron chi connectivity index (χ0n) is 12.7. The molecule has 0 aliphatic heterocycles. The van der Waals surface area contributed by atoms with Crippen LogP contribution in [-0.4, -0.2) is 10.9 Å². The zero-order chi connectivity index (χ0) is 17.1. The molecule has 4 heteroatoms. The molecule has 0 radical (unpaired) electrons. The van der Waals surface area contributed by atoms with Crippen molar-refractivity contribution in [1.82, 2.24) is 4.98 Å². The van der Waals surface area contributed by atoms with E-state index in [4.69, 9.17) is 23.8 Å². The summed E-state index contributed by atoms with van der Waals surface area (Å²) in [6.07, 6.45) is 6.96. The van der Waals surface area contributed by atoms with Crippen molar-refractivity contribution in [3.05, 3.63) is 77.1 Å². The molecule has 0 aliphatic carbocycles. The zero-order valence-corrected chi connectivity index (χ0v) is 13.4. The lowest BCUT2D eigenvalue weighted by atomic mass is 9.92. The fraction of sp³-hybridized carbons (Fsp3) is 0. The number of halogens is 1. The maximum absolute atomic E-state index is 11.8. The summed E-state index contributed by atoms with van der Waals surface area (Å²) in [5.41, 5.74) is 9.95. The Labute approximate surface area is 145 Å². The van der Waals surface area contributed by atoms with Gasteiger partial charge < -0.3 is 5.73 Å². The van der Waals surface area contributed by atoms with Gasteiger partial charge >= 0.3 is 0 Å². The largest absolute Gasteiger partial charge is 0.365 e. The van der Waals surface area contributed by atoms with Crippen molar-refractivity contribution in [3.63, 3.8) is 0 Å². The van der Waals surface area contributed by atoms with E-state index in [0.717, 1.165) is 22.3 Å². The molecule has 0 aliphatic rings. The number of carbonyl (C=O) groups is 1. The summed E-state index contributed by atoms with van der Waals surface area (Å²) in [6, 6.07) is 17.1. The van der Waals surface area contributed by atoms with Crippen molar-refractivity contribution in [2.75, 3.05) is 0 Å². The SMILES string of the molecule is C#Cc1ccc(-c2ccccc2-c2ccnc(Cl)c2C(N)=O)cc1. The van der Waals surface area contributed by atoms with Gasteiger partial charge in [-0.3, -0.25) is 4.79 Å². The Morgan fingerprint density at radius 3 is 2.29 bits per heavy atom. The third kappa shape index (κ3) is 2.88. The molecule has 24 heavy (non-hydrogen) atoms. The summed E-state index contributed by atoms with van der Waals surface area (Å²) in [5, 5.41) is 0.0949. The van der Waals surface area contributed by atoms with Crippen LogP contribution in [0.3, 0.4) is 0 Å². The van der Waals surface area contributed by atoms with Crippen LogP contribution in [0.25, 0.3) is 22.3 Å². The Morgan fingerprint density at radius 2 is 1.67 bits per heavy atom. The number of primary amides is 1. The van der Waals surface area contributed by atoms with Crippen molar-refractivity contribution in [3.8, 4) is 34.6 Å². The molecule has 0 saturated carbocycles. The van der Waals surface area contributed by atoms with Gasteiger partial charge in [0.05, 0.1) is 5.56 Å². The molecule has 3 nitrogen and oxygen atoms in total. The predicted octanol–water partition coefficient (Wildman–Crippen LogP) is 4.15. The fourth-order valence-corrected chi connectivity index (χ4v) is 2.86. The molecule has 1 heterocycles. The van der Waals surface area contributed by atoms with Crippen LogP contribution in [-0.2, 0) is 0 Å². The molecule has 3 aromatic rings. The van der Waals surface area contributed by atoms with E-state index in [2.05, 4.69) is 10.9 Å². The van der Waals surface area contributed by atoms with Gasteiger partial charge in [0, 0.05) is 11.8 Å². The topological polar surface area (TPSA) is 56.0 Å². The Morgan fingerprint density at radius 1 is 1.00 bits per heavy atom. The van der Waals surface area contributed by atoms with Gasteiger partial charge in [0.25, 0.3) is 5.91 Å². The van der Waals surface area contributed by atoms with Crippen LogP contribution in [0.4, 0.5) is 0 Å². The van der Waals surface area contributed by atoms with Crippen molar-refractivity contribution >= 4 is 17.5 Å². The Hall–Kier alpha value is -3.09. The molecule has 3 rings (SSSR count). The lowest BCUT2D eigenvalue weighted by Gasteiger charge is -2.13. The van der Waals surface area contributed by atoms with Crippen LogP contribution in [0, 0.1) is 12.3 Å². The van der Waals surface area contributed by atoms with Gasteiger partial charge in [-0.25, -0.2) is 4.98 Å². The molecule has 2 N–H and O–H groups in total. The molecule has 1 amide bonds. The average Bonchev–Trinajstić information content (AvgIpc) is 2.61. The van der Waals surface area contributed by atoms with Crippen molar-refractivity contribution in [2.45, 2.75) is 0 Å². The number of benzene rings is 2. The van der Waals surface area contributed by atoms with Gasteiger partial charge in [-0.15, -0.1) is 6.42 Å². The summed E-state index contributed by atoms with van der Waals surface area (Å²) in [7, 11) is 0. The number of pyridine rings is 1. The summed E-state index contributed by atoms with van der Waals surface area (Å²) < 4.78 is 0. The minimum absolute atomic E-state index is 0.0949. The predicted molar refractivity (Wildman–Crippen MR) is 96.6 cm³/mol. The summed E-state index contributed by atoms with van der Waals surface area (Å²) >= 11 is 6.08. The molecule has 0 bridgehead atoms. The monoisotopic (exact) mass is 332 g/mol. The Kier molecular flexibility index (Phi) is 4.33. The van der Waals surface area contributed by atoms with Gasteiger partial charge in [-0.2, -0.15) is 0 Å². The van der Waals surface area contributed by atoms with Crippen LogP contribution < -0.4 is 5.73 Å². The quantitative estimate of drug-likeness (QED) is 0.578. The second kappa shape index (κ2) is 6.57. The standard InChI is InChI=1S/C20H13ClN2O/c1-2-13-7-9-14(10-8-13)15-5-3-4-6-16(15)17-11-12-23-19(21)18(17)20(22)24/h1,3-12H,(H2,22,24). The van der Waals surface area contributed by atoms with E-state index in [-0.39, 0.29) is 10.7 Å². The lowest BCUT2D eigenvalue weighted by molar-refractivity contribution is 0.100. The van der Waals surface area contributed by atoms with Gasteiger partial charge in [0.15, 0.2) is 0 Å². The van der Waals surface area contributed by atoms with Gasteiger partial charge in [-0.1, -0.05) is 53.9 Å². The highest BCUT2D eigenvalue weighted by molar-refractivity contribution is 6.33. The smallest absolute Gasteiger partial charge is 0.252 e. The third-order valence-corrected chi connectivity index (χ3v) is 4.02. The molecule has 116 valence electrons. The number of nitrogens with two attached hydrogens (primary N) is 1. The van der Waals surface area contributed by atoms with E-state index < -0.39 is 5.91 Å². The molecular weight excluding hydrogens is 320 g/mol. The Bertz CT molecular complexity index is 956. The highest BCUT2D eigenvalue weighted by Crippen LogP contribution is 2.35. The normalized spacial score (nSPS) is 10.2. The fourth-order valence-electron chi connectivity index (χ4n) is 2.61. The van der Waals surface area contributed by atoms with Gasteiger partial charge in [0.1, 0.15) is 5.15 Å². The van der Waals surface area contributed by atoms with Gasteiger partial charge in [0.2, 0.25) is 0 Å². The van der Waals surface area contributed by atoms with Crippen molar-refractivity contribution in [2.24, 2.45) is 5.73 Å². The highest BCUT2D eigenvalue weighted by atomic mass is 35.5. The van der Waals surface area contributed by atoms with Crippen LogP contribution in [0.15, 0.2) is 60.8 Å². The van der Waals surface area contributed by atoms with E-state index in [1.807, 2.05) is 48.5 Å². The summed E-state index contributed by atoms with van der Waals surface area (Å²) in [4.78, 5) is 15.8. The molecule has 2 aromatic carbocycles. The molecule has 0 fully saturated rings. The van der Waals surface area contributed by atoms with Crippen LogP contribution in [0.5, 0.6) is 0 Å². The summed E-state index contributed by atoms with van der Waals surface area (Å²) in [6.45, 7) is 0. The van der Waals surface area contributed by atoms with E-state index in [1.54, 1.807) is 12.3 Å². The van der Waals surface area contributed by atoms with E-state index in [1.165, 1.54) is 0 Å². The number of nitrogens with zero attached hydrogens (tertiary/aromatic N) is 1. The lowest BCUT2D eigenvalue weighted by Crippen LogP contribution is -2.14. The number of carbonyl (C=O) groups excluding carboxylic acids is 1. The van der Waals surface area contributed by atoms with Crippen molar-refractivity contribution < 1.29 is 4.79 Å². The molecule has 0 atom stereocenters. The minimum Gasteiger partial charge on any atom is -0.365 e. The molecule has 1 aromatic heterocycles. The van der Waals surface area contributed by atoms with Crippen LogP contribution >= 0.6 is 11.6 Å². The van der Waals surface area contributed by atoms with Crippen LogP contribution in [0.1, 0.15) is 15.9 Å². The second-order valence-electron chi connectivity index (χ2n) is 5.16. The molecular formula is C20H13ClN2O. The third-order valence-electron chi connectivity index (χ3n) is 3.73. The molecule has 0 unspecified atom stereocenters. The van der Waals surface area contributed by atoms with Crippen LogP contribution in [0.2, 0.25) is 5.15 Å². The van der Waals surface area contributed by atoms with Gasteiger partial charge in [-0.05, 0) is 40.5 Å². The molecule has 0 spiro atoms. The van der Waals surface area contributed by atoms with E-state index >= 15 is 0 Å². The first-order valence-corrected chi connectivity index (χ1v) is 7.60. The number of hydrogen-bond acceptors (Lipinski definition) is 2. The maximum Gasteiger partial charge on any atom is 0.252 e. The first kappa shape index (κ1) is 15.8. The maximum atomic E-state index is 11.8. The number of rotatable bonds is 3. The summed E-state index contributed by atoms with van der Waals surface area (Å²) in [5.74, 6) is 1.99. The first-order valence-electron chi connectivity index (χ1n) is 7.22. The number of aromatic nitrogens is 1. The number of amides is 1. The molecule has 0 saturated heterocycles. The van der Waals surface area contributed by atoms with Crippen molar-refractivity contribution in [1.29, 1.82) is 0 Å². The average molecular weight is 333 g/mol. The van der Waals surface area contributed by atoms with E-state index in [9.17, 15) is 4.79 Å². The second-order valence-corrected chi connectivity index (χ2v) is 5.51. The first-order chi connectivity index (χ1) is 11.6. The number of hydrogen-bond donors (Lipinski definition) is 1. The highest BCUT2D eigenvalue weighted by Gasteiger charge is 2.17.